The topological polar surface area (TPSA) is 108 Å². The van der Waals surface area contributed by atoms with Crippen molar-refractivity contribution >= 4 is 17.8 Å². The highest BCUT2D eigenvalue weighted by Gasteiger charge is 2.33. The highest BCUT2D eigenvalue weighted by molar-refractivity contribution is 5.96. The molecule has 134 valence electrons. The van der Waals surface area contributed by atoms with Crippen molar-refractivity contribution in [2.75, 3.05) is 7.11 Å². The van der Waals surface area contributed by atoms with Crippen molar-refractivity contribution in [2.45, 2.75) is 26.7 Å². The summed E-state index contributed by atoms with van der Waals surface area (Å²) in [5.41, 5.74) is 6.88. The number of carbonyl (C=O) groups excluding carboxylic acids is 3. The van der Waals surface area contributed by atoms with Crippen molar-refractivity contribution < 1.29 is 24.2 Å². The van der Waals surface area contributed by atoms with E-state index in [1.807, 2.05) is 13.8 Å². The number of amides is 2. The summed E-state index contributed by atoms with van der Waals surface area (Å²) in [5, 5.41) is 11.3. The molecule has 0 bridgehead atoms. The molecule has 2 amide bonds. The Hall–Kier alpha value is -2.83. The van der Waals surface area contributed by atoms with Gasteiger partial charge in [-0.2, -0.15) is 0 Å². The summed E-state index contributed by atoms with van der Waals surface area (Å²) in [6.45, 7) is 3.72. The maximum atomic E-state index is 12.4. The van der Waals surface area contributed by atoms with Gasteiger partial charge >= 0.3 is 0 Å². The van der Waals surface area contributed by atoms with E-state index < -0.39 is 29.6 Å². The van der Waals surface area contributed by atoms with Crippen molar-refractivity contribution in [3.05, 3.63) is 41.0 Å². The Kier molecular flexibility index (Phi) is 5.80. The molecule has 0 saturated heterocycles. The lowest BCUT2D eigenvalue weighted by Gasteiger charge is -2.32. The summed E-state index contributed by atoms with van der Waals surface area (Å²) in [6.07, 6.45) is 0.599. The van der Waals surface area contributed by atoms with Crippen molar-refractivity contribution in [3.63, 3.8) is 0 Å². The van der Waals surface area contributed by atoms with Gasteiger partial charge in [-0.3, -0.25) is 20.4 Å². The van der Waals surface area contributed by atoms with Gasteiger partial charge < -0.3 is 14.6 Å². The predicted molar refractivity (Wildman–Crippen MR) is 88.2 cm³/mol. The van der Waals surface area contributed by atoms with Crippen LogP contribution in [0.4, 0.5) is 0 Å². The second-order valence-corrected chi connectivity index (χ2v) is 6.18. The Morgan fingerprint density at radius 2 is 1.72 bits per heavy atom. The van der Waals surface area contributed by atoms with E-state index in [0.29, 0.717) is 17.7 Å². The number of hydrazine groups is 1. The zero-order chi connectivity index (χ0) is 18.6. The first kappa shape index (κ1) is 18.5. The fourth-order valence-electron chi connectivity index (χ4n) is 2.86. The van der Waals surface area contributed by atoms with Gasteiger partial charge in [0, 0.05) is 17.5 Å². The molecule has 1 aromatic rings. The van der Waals surface area contributed by atoms with E-state index in [4.69, 9.17) is 4.74 Å². The first-order valence-electron chi connectivity index (χ1n) is 7.93. The zero-order valence-corrected chi connectivity index (χ0v) is 14.4. The van der Waals surface area contributed by atoms with Crippen LogP contribution in [0.1, 0.15) is 37.0 Å². The van der Waals surface area contributed by atoms with E-state index in [9.17, 15) is 19.5 Å². The molecule has 2 N–H and O–H groups in total. The number of carboxylic acid groups (broad SMARTS) is 1. The molecule has 25 heavy (non-hydrogen) atoms. The molecule has 0 radical (unpaired) electrons. The first-order chi connectivity index (χ1) is 11.8. The van der Waals surface area contributed by atoms with Crippen LogP contribution >= 0.6 is 0 Å². The van der Waals surface area contributed by atoms with Crippen LogP contribution in [-0.2, 0) is 9.59 Å². The minimum atomic E-state index is -1.26. The summed E-state index contributed by atoms with van der Waals surface area (Å²) in [4.78, 5) is 35.8. The summed E-state index contributed by atoms with van der Waals surface area (Å²) in [6, 6.07) is 6.45. The third-order valence-electron chi connectivity index (χ3n) is 4.54. The average molecular weight is 345 g/mol. The molecule has 1 aliphatic rings. The SMILES string of the molecule is COc1cccc(C(=O)NNC(=O)[C@@H]2CC(C)=C(C)C[C@@H]2C(=O)[O-])c1. The number of aliphatic carboxylic acids is 1. The maximum absolute atomic E-state index is 12.4. The summed E-state index contributed by atoms with van der Waals surface area (Å²) in [5.74, 6) is -3.49. The van der Waals surface area contributed by atoms with Gasteiger partial charge in [-0.25, -0.2) is 0 Å². The molecular weight excluding hydrogens is 324 g/mol. The minimum Gasteiger partial charge on any atom is -0.550 e. The van der Waals surface area contributed by atoms with Gasteiger partial charge in [0.15, 0.2) is 0 Å². The molecule has 0 aromatic heterocycles. The number of allylic oxidation sites excluding steroid dienone is 2. The normalized spacial score (nSPS) is 20.0. The molecule has 2 rings (SSSR count). The van der Waals surface area contributed by atoms with Gasteiger partial charge in [0.05, 0.1) is 13.0 Å². The second kappa shape index (κ2) is 7.83. The van der Waals surface area contributed by atoms with Gasteiger partial charge in [0.25, 0.3) is 5.91 Å². The van der Waals surface area contributed by atoms with E-state index in [1.165, 1.54) is 13.2 Å². The quantitative estimate of drug-likeness (QED) is 0.613. The number of ether oxygens (including phenoxy) is 1. The Morgan fingerprint density at radius 3 is 2.32 bits per heavy atom. The van der Waals surface area contributed by atoms with Crippen molar-refractivity contribution in [3.8, 4) is 5.75 Å². The van der Waals surface area contributed by atoms with Crippen LogP contribution < -0.4 is 20.7 Å². The van der Waals surface area contributed by atoms with Crippen LogP contribution in [0.25, 0.3) is 0 Å². The number of rotatable bonds is 4. The van der Waals surface area contributed by atoms with Gasteiger partial charge in [0.2, 0.25) is 5.91 Å². The maximum Gasteiger partial charge on any atom is 0.269 e. The molecule has 7 heteroatoms. The van der Waals surface area contributed by atoms with Crippen LogP contribution in [-0.4, -0.2) is 24.9 Å². The number of benzene rings is 1. The predicted octanol–water partition coefficient (Wildman–Crippen LogP) is 0.569. The Morgan fingerprint density at radius 1 is 1.08 bits per heavy atom. The molecule has 0 saturated carbocycles. The average Bonchev–Trinajstić information content (AvgIpc) is 2.61. The number of carboxylic acids is 1. The van der Waals surface area contributed by atoms with Crippen LogP contribution in [0.5, 0.6) is 5.75 Å². The zero-order valence-electron chi connectivity index (χ0n) is 14.4. The lowest BCUT2D eigenvalue weighted by Crippen LogP contribution is -2.49. The third kappa shape index (κ3) is 4.37. The van der Waals surface area contributed by atoms with E-state index in [1.54, 1.807) is 18.2 Å². The van der Waals surface area contributed by atoms with E-state index in [-0.39, 0.29) is 6.42 Å². The first-order valence-corrected chi connectivity index (χ1v) is 7.93. The lowest BCUT2D eigenvalue weighted by atomic mass is 9.76. The fourth-order valence-corrected chi connectivity index (χ4v) is 2.86. The smallest absolute Gasteiger partial charge is 0.269 e. The number of carbonyl (C=O) groups is 3. The van der Waals surface area contributed by atoms with Gasteiger partial charge in [0.1, 0.15) is 5.75 Å². The van der Waals surface area contributed by atoms with Crippen LogP contribution in [0.15, 0.2) is 35.4 Å². The Balaban J connectivity index is 2.03. The highest BCUT2D eigenvalue weighted by atomic mass is 16.5. The fraction of sp³-hybridized carbons (Fsp3) is 0.389. The number of nitrogens with one attached hydrogen (secondary N) is 2. The van der Waals surface area contributed by atoms with Crippen molar-refractivity contribution in [2.24, 2.45) is 11.8 Å². The highest BCUT2D eigenvalue weighted by Crippen LogP contribution is 2.33. The van der Waals surface area contributed by atoms with E-state index >= 15 is 0 Å². The molecule has 1 aromatic carbocycles. The Labute approximate surface area is 146 Å². The minimum absolute atomic E-state index is 0.274. The molecule has 0 heterocycles. The third-order valence-corrected chi connectivity index (χ3v) is 4.54. The summed E-state index contributed by atoms with van der Waals surface area (Å²) < 4.78 is 5.04. The van der Waals surface area contributed by atoms with Crippen LogP contribution in [0.2, 0.25) is 0 Å². The molecule has 0 fully saturated rings. The molecule has 0 unspecified atom stereocenters. The van der Waals surface area contributed by atoms with Gasteiger partial charge in [-0.15, -0.1) is 0 Å². The number of hydrogen-bond donors (Lipinski definition) is 2. The largest absolute Gasteiger partial charge is 0.550 e. The lowest BCUT2D eigenvalue weighted by molar-refractivity contribution is -0.313. The van der Waals surface area contributed by atoms with Gasteiger partial charge in [-0.05, 0) is 44.9 Å². The molecule has 2 atom stereocenters. The summed E-state index contributed by atoms with van der Waals surface area (Å²) >= 11 is 0. The molecule has 0 spiro atoms. The van der Waals surface area contributed by atoms with Crippen LogP contribution in [0, 0.1) is 11.8 Å². The molecule has 0 aliphatic heterocycles. The van der Waals surface area contributed by atoms with Gasteiger partial charge in [-0.1, -0.05) is 17.2 Å². The molecule has 7 nitrogen and oxygen atoms in total. The molecule has 1 aliphatic carbocycles. The number of hydrogen-bond acceptors (Lipinski definition) is 5. The monoisotopic (exact) mass is 345 g/mol. The second-order valence-electron chi connectivity index (χ2n) is 6.18. The Bertz CT molecular complexity index is 726. The molecular formula is C18H21N2O5-. The van der Waals surface area contributed by atoms with Crippen LogP contribution in [0.3, 0.4) is 0 Å². The summed E-state index contributed by atoms with van der Waals surface area (Å²) in [7, 11) is 1.49. The standard InChI is InChI=1S/C18H22N2O5/c1-10-7-14(15(18(23)24)8-11(10)2)17(22)20-19-16(21)12-5-4-6-13(9-12)25-3/h4-6,9,14-15H,7-8H2,1-3H3,(H,19,21)(H,20,22)(H,23,24)/p-1/t14-,15+/m1/s1. The van der Waals surface area contributed by atoms with E-state index in [0.717, 1.165) is 11.1 Å². The number of methoxy groups -OCH3 is 1. The van der Waals surface area contributed by atoms with Crippen molar-refractivity contribution in [1.29, 1.82) is 0 Å². The van der Waals surface area contributed by atoms with Crippen molar-refractivity contribution in [1.82, 2.24) is 10.9 Å². The van der Waals surface area contributed by atoms with E-state index in [2.05, 4.69) is 10.9 Å².